The van der Waals surface area contributed by atoms with Crippen molar-refractivity contribution in [2.75, 3.05) is 25.5 Å². The molecule has 3 aromatic carbocycles. The topological polar surface area (TPSA) is 27.3 Å². The summed E-state index contributed by atoms with van der Waals surface area (Å²) < 4.78 is 0. The van der Waals surface area contributed by atoms with E-state index in [0.29, 0.717) is 0 Å². The SMILES string of the molecule is C=C/C=C\C(C(=C)c1ccc(C)cc1)=C(\NC)N(C)c1ccc(CCNC(C(=C)CC2CCCC2)c2ccccc2)cc1. The molecule has 1 atom stereocenters. The van der Waals surface area contributed by atoms with Crippen LogP contribution in [0.3, 0.4) is 0 Å². The summed E-state index contributed by atoms with van der Waals surface area (Å²) in [5.41, 5.74) is 9.34. The molecular formula is C40H49N3. The molecule has 0 aromatic heterocycles. The number of aryl methyl sites for hydroxylation is 1. The Morgan fingerprint density at radius 3 is 2.26 bits per heavy atom. The van der Waals surface area contributed by atoms with E-state index in [1.54, 1.807) is 6.08 Å². The monoisotopic (exact) mass is 571 g/mol. The van der Waals surface area contributed by atoms with E-state index in [1.807, 2.05) is 13.1 Å². The van der Waals surface area contributed by atoms with Gasteiger partial charge in [0.25, 0.3) is 0 Å². The van der Waals surface area contributed by atoms with Crippen molar-refractivity contribution in [2.45, 2.75) is 51.5 Å². The summed E-state index contributed by atoms with van der Waals surface area (Å²) in [5.74, 6) is 1.77. The van der Waals surface area contributed by atoms with Crippen LogP contribution in [0.4, 0.5) is 5.69 Å². The van der Waals surface area contributed by atoms with Crippen LogP contribution < -0.4 is 15.5 Å². The van der Waals surface area contributed by atoms with Crippen LogP contribution in [0.25, 0.3) is 5.57 Å². The Morgan fingerprint density at radius 1 is 0.953 bits per heavy atom. The van der Waals surface area contributed by atoms with Gasteiger partial charge in [0.1, 0.15) is 5.82 Å². The molecule has 3 aromatic rings. The minimum atomic E-state index is 0.194. The van der Waals surface area contributed by atoms with Crippen LogP contribution in [0.2, 0.25) is 0 Å². The maximum atomic E-state index is 4.55. The van der Waals surface area contributed by atoms with Gasteiger partial charge in [0.2, 0.25) is 0 Å². The second-order valence-electron chi connectivity index (χ2n) is 11.7. The molecule has 1 fully saturated rings. The number of hydrogen-bond acceptors (Lipinski definition) is 3. The molecule has 0 bridgehead atoms. The van der Waals surface area contributed by atoms with Crippen LogP contribution in [-0.2, 0) is 6.42 Å². The minimum Gasteiger partial charge on any atom is -0.374 e. The highest BCUT2D eigenvalue weighted by molar-refractivity contribution is 5.82. The summed E-state index contributed by atoms with van der Waals surface area (Å²) >= 11 is 0. The summed E-state index contributed by atoms with van der Waals surface area (Å²) in [5, 5.41) is 7.26. The molecule has 2 N–H and O–H groups in total. The van der Waals surface area contributed by atoms with Crippen molar-refractivity contribution in [3.05, 3.63) is 156 Å². The highest BCUT2D eigenvalue weighted by atomic mass is 15.2. The first kappa shape index (κ1) is 31.8. The average molecular weight is 572 g/mol. The number of nitrogens with zero attached hydrogens (tertiary/aromatic N) is 1. The van der Waals surface area contributed by atoms with E-state index in [1.165, 1.54) is 47.9 Å². The van der Waals surface area contributed by atoms with Crippen molar-refractivity contribution in [1.82, 2.24) is 10.6 Å². The van der Waals surface area contributed by atoms with Crippen molar-refractivity contribution < 1.29 is 0 Å². The fraction of sp³-hybridized carbons (Fsp3) is 0.300. The molecule has 0 radical (unpaired) electrons. The van der Waals surface area contributed by atoms with Gasteiger partial charge in [-0.25, -0.2) is 0 Å². The Morgan fingerprint density at radius 2 is 1.63 bits per heavy atom. The van der Waals surface area contributed by atoms with E-state index in [0.717, 1.165) is 53.5 Å². The Bertz CT molecular complexity index is 1400. The normalized spacial score (nSPS) is 14.8. The third-order valence-corrected chi connectivity index (χ3v) is 8.60. The van der Waals surface area contributed by atoms with Crippen molar-refractivity contribution in [2.24, 2.45) is 5.92 Å². The van der Waals surface area contributed by atoms with Crippen LogP contribution in [0, 0.1) is 12.8 Å². The predicted molar refractivity (Wildman–Crippen MR) is 187 cm³/mol. The summed E-state index contributed by atoms with van der Waals surface area (Å²) in [6.07, 6.45) is 13.3. The molecule has 0 aliphatic heterocycles. The van der Waals surface area contributed by atoms with Crippen LogP contribution in [0.5, 0.6) is 0 Å². The molecule has 1 unspecified atom stereocenters. The number of anilines is 1. The van der Waals surface area contributed by atoms with Crippen LogP contribution in [0.15, 0.2) is 134 Å². The second-order valence-corrected chi connectivity index (χ2v) is 11.7. The molecule has 3 heteroatoms. The lowest BCUT2D eigenvalue weighted by Crippen LogP contribution is -2.28. The fourth-order valence-electron chi connectivity index (χ4n) is 6.10. The first-order valence-corrected chi connectivity index (χ1v) is 15.7. The first-order chi connectivity index (χ1) is 20.9. The molecule has 0 spiro atoms. The first-order valence-electron chi connectivity index (χ1n) is 15.7. The molecule has 1 saturated carbocycles. The van der Waals surface area contributed by atoms with Gasteiger partial charge in [0.05, 0.1) is 6.04 Å². The molecule has 3 nitrogen and oxygen atoms in total. The summed E-state index contributed by atoms with van der Waals surface area (Å²) in [6.45, 7) is 15.9. The number of nitrogens with one attached hydrogen (secondary N) is 2. The van der Waals surface area contributed by atoms with Gasteiger partial charge in [0.15, 0.2) is 0 Å². The Labute approximate surface area is 260 Å². The number of benzene rings is 3. The van der Waals surface area contributed by atoms with Crippen molar-refractivity contribution in [3.8, 4) is 0 Å². The lowest BCUT2D eigenvalue weighted by Gasteiger charge is -2.26. The highest BCUT2D eigenvalue weighted by Gasteiger charge is 2.21. The summed E-state index contributed by atoms with van der Waals surface area (Å²) in [6, 6.07) is 28.4. The van der Waals surface area contributed by atoms with Gasteiger partial charge in [-0.2, -0.15) is 0 Å². The average Bonchev–Trinajstić information content (AvgIpc) is 3.55. The molecule has 224 valence electrons. The van der Waals surface area contributed by atoms with Crippen LogP contribution >= 0.6 is 0 Å². The number of allylic oxidation sites excluding steroid dienone is 5. The molecule has 1 aliphatic carbocycles. The van der Waals surface area contributed by atoms with Gasteiger partial charge in [-0.05, 0) is 60.1 Å². The second kappa shape index (κ2) is 16.0. The Balaban J connectivity index is 1.45. The van der Waals surface area contributed by atoms with Gasteiger partial charge in [-0.1, -0.05) is 142 Å². The lowest BCUT2D eigenvalue weighted by atomic mass is 9.90. The standard InChI is InChI=1S/C40H49N3/c1-7-8-18-38(32(4)35-23-19-30(2)20-24-35)40(41-5)43(6)37-25-21-33(22-26-37)27-28-42-39(36-16-10-9-11-17-36)31(3)29-34-14-12-13-15-34/h7-11,16-26,34,39,41-42H,1,3-4,12-15,27-29H2,2,5-6H3/b18-8-,40-38+. The minimum absolute atomic E-state index is 0.194. The highest BCUT2D eigenvalue weighted by Crippen LogP contribution is 2.34. The van der Waals surface area contributed by atoms with Crippen molar-refractivity contribution >= 4 is 11.3 Å². The number of hydrogen-bond donors (Lipinski definition) is 2. The van der Waals surface area contributed by atoms with Gasteiger partial charge in [-0.3, -0.25) is 0 Å². The maximum Gasteiger partial charge on any atom is 0.113 e. The quantitative estimate of drug-likeness (QED) is 0.141. The van der Waals surface area contributed by atoms with E-state index >= 15 is 0 Å². The molecule has 4 rings (SSSR count). The van der Waals surface area contributed by atoms with Gasteiger partial charge >= 0.3 is 0 Å². The molecule has 43 heavy (non-hydrogen) atoms. The van der Waals surface area contributed by atoms with E-state index < -0.39 is 0 Å². The molecule has 0 heterocycles. The zero-order chi connectivity index (χ0) is 30.6. The van der Waals surface area contributed by atoms with Gasteiger partial charge < -0.3 is 15.5 Å². The maximum absolute atomic E-state index is 4.55. The van der Waals surface area contributed by atoms with Crippen molar-refractivity contribution in [3.63, 3.8) is 0 Å². The van der Waals surface area contributed by atoms with Gasteiger partial charge in [0, 0.05) is 31.9 Å². The summed E-state index contributed by atoms with van der Waals surface area (Å²) in [4.78, 5) is 2.18. The third-order valence-electron chi connectivity index (χ3n) is 8.60. The van der Waals surface area contributed by atoms with Gasteiger partial charge in [-0.15, -0.1) is 0 Å². The Kier molecular flexibility index (Phi) is 11.8. The zero-order valence-corrected chi connectivity index (χ0v) is 26.4. The van der Waals surface area contributed by atoms with E-state index in [9.17, 15) is 0 Å². The van der Waals surface area contributed by atoms with Crippen LogP contribution in [0.1, 0.15) is 60.4 Å². The van der Waals surface area contributed by atoms with E-state index in [-0.39, 0.29) is 6.04 Å². The van der Waals surface area contributed by atoms with Crippen LogP contribution in [-0.4, -0.2) is 20.6 Å². The largest absolute Gasteiger partial charge is 0.374 e. The smallest absolute Gasteiger partial charge is 0.113 e. The van der Waals surface area contributed by atoms with E-state index in [2.05, 4.69) is 134 Å². The molecule has 0 saturated heterocycles. The third kappa shape index (κ3) is 8.72. The predicted octanol–water partition coefficient (Wildman–Crippen LogP) is 9.33. The molecule has 1 aliphatic rings. The Hall–Kier alpha value is -4.08. The van der Waals surface area contributed by atoms with Crippen molar-refractivity contribution in [1.29, 1.82) is 0 Å². The summed E-state index contributed by atoms with van der Waals surface area (Å²) in [7, 11) is 4.05. The zero-order valence-electron chi connectivity index (χ0n) is 26.4. The van der Waals surface area contributed by atoms with E-state index in [4.69, 9.17) is 0 Å². The molecule has 0 amide bonds. The lowest BCUT2D eigenvalue weighted by molar-refractivity contribution is 0.497. The fourth-order valence-corrected chi connectivity index (χ4v) is 6.10. The molecular weight excluding hydrogens is 522 g/mol. The number of rotatable bonds is 15.